The first kappa shape index (κ1) is 53.4. The van der Waals surface area contributed by atoms with Gasteiger partial charge in [0.15, 0.2) is 0 Å². The maximum atomic E-state index is 11.7. The zero-order chi connectivity index (χ0) is 38.8. The predicted molar refractivity (Wildman–Crippen MR) is 219 cm³/mol. The Bertz CT molecular complexity index is 812. The van der Waals surface area contributed by atoms with Gasteiger partial charge in [-0.05, 0) is 90.0 Å². The van der Waals surface area contributed by atoms with Crippen molar-refractivity contribution in [3.63, 3.8) is 0 Å². The summed E-state index contributed by atoms with van der Waals surface area (Å²) in [6.45, 7) is 15.8. The van der Waals surface area contributed by atoms with Gasteiger partial charge in [-0.2, -0.15) is 0 Å². The van der Waals surface area contributed by atoms with Crippen LogP contribution in [0.15, 0.2) is 24.3 Å². The van der Waals surface area contributed by atoms with Gasteiger partial charge in [0, 0.05) is 19.4 Å². The van der Waals surface area contributed by atoms with Crippen LogP contribution in [0.3, 0.4) is 0 Å². The molecule has 7 nitrogen and oxygen atoms in total. The largest absolute Gasteiger partial charge is 0.481 e. The van der Waals surface area contributed by atoms with Crippen molar-refractivity contribution in [2.24, 2.45) is 17.6 Å². The number of aliphatic hydroxyl groups excluding tert-OH is 1. The number of carboxylic acids is 1. The van der Waals surface area contributed by atoms with Crippen molar-refractivity contribution in [1.29, 1.82) is 0 Å². The molecule has 0 saturated heterocycles. The van der Waals surface area contributed by atoms with E-state index >= 15 is 0 Å². The molecule has 1 rings (SSSR count). The maximum Gasteiger partial charge on any atom is 0.305 e. The van der Waals surface area contributed by atoms with Gasteiger partial charge >= 0.3 is 11.9 Å². The van der Waals surface area contributed by atoms with Crippen LogP contribution in [0, 0.1) is 25.7 Å². The summed E-state index contributed by atoms with van der Waals surface area (Å²) in [5.74, 6) is 0.434. The number of esters is 1. The number of ether oxygens (including phenoxy) is 1. The summed E-state index contributed by atoms with van der Waals surface area (Å²) in [5, 5.41) is 17.3. The van der Waals surface area contributed by atoms with Gasteiger partial charge in [0.1, 0.15) is 0 Å². The Balaban J connectivity index is -0.000000652. The second-order valence-electron chi connectivity index (χ2n) is 14.4. The Morgan fingerprint density at radius 1 is 0.627 bits per heavy atom. The van der Waals surface area contributed by atoms with Crippen LogP contribution in [0.25, 0.3) is 0 Å². The van der Waals surface area contributed by atoms with Gasteiger partial charge in [-0.3, -0.25) is 9.59 Å². The molecule has 1 aromatic carbocycles. The van der Waals surface area contributed by atoms with Gasteiger partial charge in [0.25, 0.3) is 0 Å². The summed E-state index contributed by atoms with van der Waals surface area (Å²) < 4.78 is 5.48. The lowest BCUT2D eigenvalue weighted by Gasteiger charge is -2.16. The topological polar surface area (TPSA) is 137 Å². The van der Waals surface area contributed by atoms with Crippen molar-refractivity contribution in [3.05, 3.63) is 35.4 Å². The summed E-state index contributed by atoms with van der Waals surface area (Å²) >= 11 is 0. The van der Waals surface area contributed by atoms with Gasteiger partial charge in [-0.25, -0.2) is 0 Å². The number of unbranched alkanes of at least 4 members (excludes halogenated alkanes) is 12. The Labute approximate surface area is 316 Å². The highest BCUT2D eigenvalue weighted by atomic mass is 16.5. The summed E-state index contributed by atoms with van der Waals surface area (Å²) in [7, 11) is 0. The van der Waals surface area contributed by atoms with E-state index in [1.165, 1.54) is 114 Å². The molecule has 0 spiro atoms. The number of nitrogens with two attached hydrogens (primary N) is 1. The van der Waals surface area contributed by atoms with E-state index in [0.29, 0.717) is 38.0 Å². The Morgan fingerprint density at radius 3 is 1.51 bits per heavy atom. The number of rotatable bonds is 29. The number of carbonyl (C=O) groups excluding carboxylic acids is 1. The molecular weight excluding hydrogens is 636 g/mol. The predicted octanol–water partition coefficient (Wildman–Crippen LogP) is 10.8. The number of hydrogen-bond acceptors (Lipinski definition) is 5. The third kappa shape index (κ3) is 46.0. The van der Waals surface area contributed by atoms with E-state index < -0.39 is 5.97 Å². The summed E-state index contributed by atoms with van der Waals surface area (Å²) in [5.41, 5.74) is 11.7. The van der Waals surface area contributed by atoms with Crippen LogP contribution in [0.4, 0.5) is 0 Å². The molecule has 0 heterocycles. The first-order valence-electron chi connectivity index (χ1n) is 21.2. The molecule has 51 heavy (non-hydrogen) atoms. The van der Waals surface area contributed by atoms with Crippen LogP contribution < -0.4 is 11.5 Å². The molecule has 0 aliphatic heterocycles. The zero-order valence-electron chi connectivity index (χ0n) is 34.7. The minimum absolute atomic E-state index is 0.00545. The van der Waals surface area contributed by atoms with Gasteiger partial charge in [0.2, 0.25) is 0 Å². The van der Waals surface area contributed by atoms with E-state index in [4.69, 9.17) is 20.7 Å². The highest BCUT2D eigenvalue weighted by molar-refractivity contribution is 5.69. The third-order valence-corrected chi connectivity index (χ3v) is 9.05. The number of quaternary nitrogens is 1. The molecule has 7 N–H and O–H groups in total. The van der Waals surface area contributed by atoms with Crippen molar-refractivity contribution >= 4 is 11.9 Å². The normalized spacial score (nSPS) is 11.5. The summed E-state index contributed by atoms with van der Waals surface area (Å²) in [6.07, 6.45) is 27.0. The number of carbonyl (C=O) groups is 2. The Morgan fingerprint density at radius 2 is 1.06 bits per heavy atom. The quantitative estimate of drug-likeness (QED) is 0.0479. The number of carboxylic acid groups (broad SMARTS) is 1. The van der Waals surface area contributed by atoms with E-state index in [9.17, 15) is 9.59 Å². The lowest BCUT2D eigenvalue weighted by Crippen LogP contribution is -2.50. The second-order valence-corrected chi connectivity index (χ2v) is 14.4. The highest BCUT2D eigenvalue weighted by Gasteiger charge is 2.12. The molecule has 0 aliphatic rings. The molecule has 1 aromatic rings. The summed E-state index contributed by atoms with van der Waals surface area (Å²) in [6, 6.07) is 8.48. The Kier molecular flexibility index (Phi) is 46.3. The standard InChI is InChI=1S/C18H37NO2.C12H26O.C8H10.C6H13NO2/c1-3-5-7-9-13-17(12-6-4-2)16-21-18(20)14-10-8-11-15-19;1-3-5-7-8-10-12(11-13)9-6-4-2;1-7-3-5-8(2)6-4-7;7-5-3-1-2-4-6(8)9/h17H,3-16,19H2,1-2H3;12-13H,3-11H2,1-2H3;3-6H,1-2H3;1-5,7H2,(H,8,9)/p+1. The molecule has 0 aliphatic carbocycles. The number of benzene rings is 1. The van der Waals surface area contributed by atoms with Crippen LogP contribution in [0.2, 0.25) is 0 Å². The molecule has 2 atom stereocenters. The molecule has 0 saturated carbocycles. The second kappa shape index (κ2) is 44.2. The number of aliphatic hydroxyl groups is 1. The minimum Gasteiger partial charge on any atom is -0.481 e. The molecule has 302 valence electrons. The molecule has 0 amide bonds. The molecular formula is C44H87N2O5+. The average Bonchev–Trinajstić information content (AvgIpc) is 3.13. The van der Waals surface area contributed by atoms with Gasteiger partial charge in [-0.1, -0.05) is 147 Å². The van der Waals surface area contributed by atoms with Crippen LogP contribution in [0.1, 0.15) is 193 Å². The third-order valence-electron chi connectivity index (χ3n) is 9.05. The maximum absolute atomic E-state index is 11.7. The molecule has 7 heteroatoms. The highest BCUT2D eigenvalue weighted by Crippen LogP contribution is 2.19. The fourth-order valence-electron chi connectivity index (χ4n) is 5.48. The van der Waals surface area contributed by atoms with Crippen molar-refractivity contribution in [3.8, 4) is 0 Å². The average molecular weight is 724 g/mol. The van der Waals surface area contributed by atoms with Crippen molar-refractivity contribution in [1.82, 2.24) is 0 Å². The van der Waals surface area contributed by atoms with Crippen LogP contribution in [0.5, 0.6) is 0 Å². The van der Waals surface area contributed by atoms with Gasteiger partial charge in [-0.15, -0.1) is 0 Å². The van der Waals surface area contributed by atoms with E-state index in [0.717, 1.165) is 45.1 Å². The van der Waals surface area contributed by atoms with E-state index in [2.05, 4.69) is 71.5 Å². The first-order valence-corrected chi connectivity index (χ1v) is 21.2. The molecule has 0 aromatic heterocycles. The fraction of sp³-hybridized carbons (Fsp3) is 0.818. The summed E-state index contributed by atoms with van der Waals surface area (Å²) in [4.78, 5) is 21.7. The zero-order valence-corrected chi connectivity index (χ0v) is 34.7. The van der Waals surface area contributed by atoms with E-state index in [-0.39, 0.29) is 12.4 Å². The van der Waals surface area contributed by atoms with Crippen LogP contribution >= 0.6 is 0 Å². The fourth-order valence-corrected chi connectivity index (χ4v) is 5.48. The Hall–Kier alpha value is -1.96. The lowest BCUT2D eigenvalue weighted by molar-refractivity contribution is -0.368. The van der Waals surface area contributed by atoms with E-state index in [1.807, 2.05) is 0 Å². The molecule has 0 bridgehead atoms. The van der Waals surface area contributed by atoms with Crippen LogP contribution in [-0.4, -0.2) is 48.5 Å². The monoisotopic (exact) mass is 724 g/mol. The number of aryl methyl sites for hydroxylation is 2. The van der Waals surface area contributed by atoms with Gasteiger partial charge < -0.3 is 26.4 Å². The van der Waals surface area contributed by atoms with Gasteiger partial charge in [0.05, 0.1) is 13.2 Å². The number of aliphatic carboxylic acids is 1. The van der Waals surface area contributed by atoms with Crippen molar-refractivity contribution in [2.75, 3.05) is 26.3 Å². The lowest BCUT2D eigenvalue weighted by atomic mass is 9.96. The van der Waals surface area contributed by atoms with Crippen molar-refractivity contribution < 1.29 is 30.3 Å². The van der Waals surface area contributed by atoms with Crippen molar-refractivity contribution in [2.45, 2.75) is 196 Å². The SMILES string of the molecule is CCCCCCC(CCCC)COC(=O)CCCCC[NH3+].CCCCCCC(CO)CCCC.Cc1ccc(C)cc1.NCCCCCC(=O)O. The molecule has 0 fully saturated rings. The van der Waals surface area contributed by atoms with Crippen LogP contribution in [-0.2, 0) is 14.3 Å². The minimum atomic E-state index is -0.716. The first-order chi connectivity index (χ1) is 24.6. The smallest absolute Gasteiger partial charge is 0.305 e. The molecule has 0 radical (unpaired) electrons. The number of hydrogen-bond donors (Lipinski definition) is 4. The molecule has 2 unspecified atom stereocenters. The van der Waals surface area contributed by atoms with E-state index in [1.54, 1.807) is 0 Å².